The van der Waals surface area contributed by atoms with Gasteiger partial charge in [-0.1, -0.05) is 12.1 Å². The third-order valence-corrected chi connectivity index (χ3v) is 4.52. The summed E-state index contributed by atoms with van der Waals surface area (Å²) in [6.07, 6.45) is 1.29. The predicted octanol–water partition coefficient (Wildman–Crippen LogP) is 3.08. The van der Waals surface area contributed by atoms with E-state index in [1.807, 2.05) is 27.8 Å². The zero-order valence-corrected chi connectivity index (χ0v) is 12.4. The summed E-state index contributed by atoms with van der Waals surface area (Å²) in [4.78, 5) is 16.6. The molecule has 0 saturated carbocycles. The van der Waals surface area contributed by atoms with E-state index in [1.54, 1.807) is 22.7 Å². The van der Waals surface area contributed by atoms with Crippen molar-refractivity contribution >= 4 is 28.6 Å². The molecule has 2 N–H and O–H groups in total. The van der Waals surface area contributed by atoms with Gasteiger partial charge in [0.2, 0.25) is 5.91 Å². The van der Waals surface area contributed by atoms with Gasteiger partial charge < -0.3 is 10.6 Å². The van der Waals surface area contributed by atoms with Crippen molar-refractivity contribution in [2.45, 2.75) is 25.9 Å². The van der Waals surface area contributed by atoms with Gasteiger partial charge in [0.05, 0.1) is 13.1 Å². The van der Waals surface area contributed by atoms with E-state index in [0.717, 1.165) is 6.42 Å². The molecule has 0 fully saturated rings. The Morgan fingerprint density at radius 2 is 1.68 bits per heavy atom. The lowest BCUT2D eigenvalue weighted by Crippen LogP contribution is -2.29. The molecule has 0 aliphatic heterocycles. The van der Waals surface area contributed by atoms with E-state index in [1.165, 1.54) is 9.75 Å². The molecular weight excluding hydrogens is 276 g/mol. The molecule has 2 aromatic rings. The van der Waals surface area contributed by atoms with Crippen LogP contribution in [0.3, 0.4) is 0 Å². The van der Waals surface area contributed by atoms with Crippen molar-refractivity contribution in [3.05, 3.63) is 44.8 Å². The van der Waals surface area contributed by atoms with Gasteiger partial charge in [0, 0.05) is 16.2 Å². The summed E-state index contributed by atoms with van der Waals surface area (Å²) in [5.74, 6) is 0.187. The number of nitrogens with two attached hydrogens (primary N) is 1. The monoisotopic (exact) mass is 294 g/mol. The second kappa shape index (κ2) is 7.43. The number of nitrogens with zero attached hydrogens (tertiary/aromatic N) is 1. The molecule has 2 rings (SSSR count). The Bertz CT molecular complexity index is 443. The smallest absolute Gasteiger partial charge is 0.223 e. The molecule has 2 heterocycles. The zero-order valence-electron chi connectivity index (χ0n) is 10.7. The summed E-state index contributed by atoms with van der Waals surface area (Å²) in [7, 11) is 0. The molecule has 3 nitrogen and oxygen atoms in total. The normalized spacial score (nSPS) is 10.6. The van der Waals surface area contributed by atoms with Crippen molar-refractivity contribution in [1.82, 2.24) is 4.90 Å². The van der Waals surface area contributed by atoms with Gasteiger partial charge in [-0.3, -0.25) is 4.79 Å². The topological polar surface area (TPSA) is 46.3 Å². The van der Waals surface area contributed by atoms with Crippen LogP contribution in [0.1, 0.15) is 22.6 Å². The Balaban J connectivity index is 2.01. The van der Waals surface area contributed by atoms with Crippen molar-refractivity contribution in [3.8, 4) is 0 Å². The molecule has 5 heteroatoms. The van der Waals surface area contributed by atoms with Gasteiger partial charge in [0.25, 0.3) is 0 Å². The SMILES string of the molecule is NCCCC(=O)N(Cc1cccs1)Cc1cccs1. The van der Waals surface area contributed by atoms with Gasteiger partial charge in [-0.05, 0) is 35.9 Å². The van der Waals surface area contributed by atoms with Gasteiger partial charge in [-0.15, -0.1) is 22.7 Å². The number of carbonyl (C=O) groups is 1. The van der Waals surface area contributed by atoms with E-state index in [-0.39, 0.29) is 5.91 Å². The Hall–Kier alpha value is -1.17. The van der Waals surface area contributed by atoms with Crippen LogP contribution in [0.4, 0.5) is 0 Å². The Morgan fingerprint density at radius 3 is 2.11 bits per heavy atom. The quantitative estimate of drug-likeness (QED) is 0.853. The van der Waals surface area contributed by atoms with Gasteiger partial charge in [-0.25, -0.2) is 0 Å². The van der Waals surface area contributed by atoms with Crippen molar-refractivity contribution in [2.24, 2.45) is 5.73 Å². The number of thiophene rings is 2. The van der Waals surface area contributed by atoms with Crippen LogP contribution < -0.4 is 5.73 Å². The molecule has 19 heavy (non-hydrogen) atoms. The molecule has 0 unspecified atom stereocenters. The zero-order chi connectivity index (χ0) is 13.5. The van der Waals surface area contributed by atoms with E-state index in [9.17, 15) is 4.79 Å². The van der Waals surface area contributed by atoms with E-state index < -0.39 is 0 Å². The first kappa shape index (κ1) is 14.2. The Kier molecular flexibility index (Phi) is 5.57. The van der Waals surface area contributed by atoms with Gasteiger partial charge in [-0.2, -0.15) is 0 Å². The molecule has 0 saturated heterocycles. The largest absolute Gasteiger partial charge is 0.332 e. The fourth-order valence-electron chi connectivity index (χ4n) is 1.82. The molecule has 0 aliphatic carbocycles. The molecule has 2 aromatic heterocycles. The minimum Gasteiger partial charge on any atom is -0.332 e. The molecule has 0 atom stereocenters. The summed E-state index contributed by atoms with van der Waals surface area (Å²) in [6.45, 7) is 1.95. The number of amides is 1. The Labute approximate surface area is 121 Å². The van der Waals surface area contributed by atoms with Crippen LogP contribution in [0.2, 0.25) is 0 Å². The van der Waals surface area contributed by atoms with Gasteiger partial charge in [0.15, 0.2) is 0 Å². The molecule has 1 amide bonds. The number of hydrogen-bond acceptors (Lipinski definition) is 4. The van der Waals surface area contributed by atoms with Crippen LogP contribution in [0.15, 0.2) is 35.0 Å². The fraction of sp³-hybridized carbons (Fsp3) is 0.357. The first-order valence-corrected chi connectivity index (χ1v) is 8.08. The van der Waals surface area contributed by atoms with Crippen molar-refractivity contribution < 1.29 is 4.79 Å². The number of rotatable bonds is 7. The summed E-state index contributed by atoms with van der Waals surface area (Å²) in [6, 6.07) is 8.19. The summed E-state index contributed by atoms with van der Waals surface area (Å²) < 4.78 is 0. The maximum Gasteiger partial charge on any atom is 0.223 e. The second-order valence-electron chi connectivity index (χ2n) is 4.30. The van der Waals surface area contributed by atoms with Gasteiger partial charge >= 0.3 is 0 Å². The first-order valence-electron chi connectivity index (χ1n) is 6.32. The van der Waals surface area contributed by atoms with Crippen LogP contribution in [0.25, 0.3) is 0 Å². The third kappa shape index (κ3) is 4.45. The lowest BCUT2D eigenvalue weighted by molar-refractivity contribution is -0.132. The van der Waals surface area contributed by atoms with Crippen LogP contribution in [0, 0.1) is 0 Å². The first-order chi connectivity index (χ1) is 9.29. The highest BCUT2D eigenvalue weighted by atomic mass is 32.1. The lowest BCUT2D eigenvalue weighted by Gasteiger charge is -2.21. The summed E-state index contributed by atoms with van der Waals surface area (Å²) in [5, 5.41) is 4.09. The molecule has 0 aromatic carbocycles. The molecule has 0 radical (unpaired) electrons. The maximum absolute atomic E-state index is 12.2. The van der Waals surface area contributed by atoms with Crippen LogP contribution in [-0.2, 0) is 17.9 Å². The van der Waals surface area contributed by atoms with E-state index in [2.05, 4.69) is 12.1 Å². The highest BCUT2D eigenvalue weighted by Gasteiger charge is 2.15. The molecule has 0 bridgehead atoms. The lowest BCUT2D eigenvalue weighted by atomic mass is 10.2. The standard InChI is InChI=1S/C14H18N2OS2/c15-7-1-6-14(17)16(10-12-4-2-8-18-12)11-13-5-3-9-19-13/h2-5,8-9H,1,6-7,10-11,15H2. The average Bonchev–Trinajstić information content (AvgIpc) is 3.08. The Morgan fingerprint density at radius 1 is 1.11 bits per heavy atom. The summed E-state index contributed by atoms with van der Waals surface area (Å²) in [5.41, 5.74) is 5.48. The van der Waals surface area contributed by atoms with Crippen LogP contribution in [-0.4, -0.2) is 17.4 Å². The molecule has 0 spiro atoms. The van der Waals surface area contributed by atoms with Crippen molar-refractivity contribution in [2.75, 3.05) is 6.54 Å². The predicted molar refractivity (Wildman–Crippen MR) is 81.2 cm³/mol. The van der Waals surface area contributed by atoms with Crippen LogP contribution in [0.5, 0.6) is 0 Å². The highest BCUT2D eigenvalue weighted by Crippen LogP contribution is 2.18. The van der Waals surface area contributed by atoms with Crippen LogP contribution >= 0.6 is 22.7 Å². The number of carbonyl (C=O) groups excluding carboxylic acids is 1. The van der Waals surface area contributed by atoms with E-state index in [0.29, 0.717) is 26.1 Å². The average molecular weight is 294 g/mol. The number of hydrogen-bond donors (Lipinski definition) is 1. The van der Waals surface area contributed by atoms with Crippen molar-refractivity contribution in [3.63, 3.8) is 0 Å². The second-order valence-corrected chi connectivity index (χ2v) is 6.37. The van der Waals surface area contributed by atoms with E-state index in [4.69, 9.17) is 5.73 Å². The summed E-state index contributed by atoms with van der Waals surface area (Å²) >= 11 is 3.38. The highest BCUT2D eigenvalue weighted by molar-refractivity contribution is 7.10. The molecule has 0 aliphatic rings. The maximum atomic E-state index is 12.2. The molecule has 102 valence electrons. The van der Waals surface area contributed by atoms with Crippen molar-refractivity contribution in [1.29, 1.82) is 0 Å². The third-order valence-electron chi connectivity index (χ3n) is 2.80. The molecular formula is C14H18N2OS2. The minimum atomic E-state index is 0.187. The minimum absolute atomic E-state index is 0.187. The fourth-order valence-corrected chi connectivity index (χ4v) is 3.26. The van der Waals surface area contributed by atoms with Gasteiger partial charge in [0.1, 0.15) is 0 Å². The van der Waals surface area contributed by atoms with E-state index >= 15 is 0 Å².